The van der Waals surface area contributed by atoms with Gasteiger partial charge in [0.25, 0.3) is 0 Å². The number of fused-ring (bicyclic) bond motifs is 1. The van der Waals surface area contributed by atoms with Gasteiger partial charge in [0.05, 0.1) is 17.6 Å². The first-order chi connectivity index (χ1) is 12.4. The third-order valence-electron chi connectivity index (χ3n) is 4.66. The summed E-state index contributed by atoms with van der Waals surface area (Å²) in [6, 6.07) is 1.82. The Bertz CT molecular complexity index is 847. The minimum atomic E-state index is -2.52. The number of carbonyl (C=O) groups excluding carboxylic acids is 1. The molecule has 0 unspecified atom stereocenters. The summed E-state index contributed by atoms with van der Waals surface area (Å²) in [7, 11) is 0. The summed E-state index contributed by atoms with van der Waals surface area (Å²) >= 11 is 0. The Morgan fingerprint density at radius 1 is 1.46 bits per heavy atom. The number of allylic oxidation sites excluding steroid dienone is 1. The van der Waals surface area contributed by atoms with Crippen LogP contribution < -0.4 is 5.32 Å². The van der Waals surface area contributed by atoms with Crippen LogP contribution in [-0.2, 0) is 11.3 Å². The van der Waals surface area contributed by atoms with Crippen molar-refractivity contribution in [1.82, 2.24) is 14.8 Å². The molecule has 0 saturated heterocycles. The van der Waals surface area contributed by atoms with Crippen LogP contribution in [0.4, 0.5) is 14.5 Å². The van der Waals surface area contributed by atoms with E-state index in [2.05, 4.69) is 22.0 Å². The number of aromatic nitrogens is 3. The SMILES string of the molecule is C=CC(=O)Nc1cnc2c(c1)c(C=CC1CCC(F)(F)CC1)nn2CC. The molecule has 1 saturated carbocycles. The molecule has 1 amide bonds. The summed E-state index contributed by atoms with van der Waals surface area (Å²) in [5.41, 5.74) is 2.00. The molecule has 1 N–H and O–H groups in total. The van der Waals surface area contributed by atoms with Crippen molar-refractivity contribution in [3.05, 3.63) is 36.7 Å². The highest BCUT2D eigenvalue weighted by atomic mass is 19.3. The van der Waals surface area contributed by atoms with Crippen molar-refractivity contribution in [3.63, 3.8) is 0 Å². The molecule has 2 heterocycles. The Labute approximate surface area is 150 Å². The Morgan fingerprint density at radius 2 is 2.19 bits per heavy atom. The van der Waals surface area contributed by atoms with Crippen LogP contribution in [0.25, 0.3) is 17.1 Å². The average molecular weight is 360 g/mol. The molecule has 0 bridgehead atoms. The monoisotopic (exact) mass is 360 g/mol. The summed E-state index contributed by atoms with van der Waals surface area (Å²) < 4.78 is 28.4. The number of anilines is 1. The van der Waals surface area contributed by atoms with Gasteiger partial charge in [-0.15, -0.1) is 0 Å². The predicted octanol–water partition coefficient (Wildman–Crippen LogP) is 4.41. The van der Waals surface area contributed by atoms with Crippen LogP contribution in [0.3, 0.4) is 0 Å². The second-order valence-corrected chi connectivity index (χ2v) is 6.54. The minimum Gasteiger partial charge on any atom is -0.321 e. The number of aryl methyl sites for hydroxylation is 1. The van der Waals surface area contributed by atoms with Crippen LogP contribution in [0, 0.1) is 5.92 Å². The molecular formula is C19H22F2N4O. The summed E-state index contributed by atoms with van der Waals surface area (Å²) in [6.07, 6.45) is 7.45. The van der Waals surface area contributed by atoms with Gasteiger partial charge >= 0.3 is 0 Å². The lowest BCUT2D eigenvalue weighted by atomic mass is 9.86. The first kappa shape index (κ1) is 18.2. The number of halogens is 2. The average Bonchev–Trinajstić information content (AvgIpc) is 2.98. The number of nitrogens with one attached hydrogen (secondary N) is 1. The maximum absolute atomic E-state index is 13.3. The van der Waals surface area contributed by atoms with E-state index < -0.39 is 5.92 Å². The topological polar surface area (TPSA) is 59.8 Å². The molecule has 3 rings (SSSR count). The van der Waals surface area contributed by atoms with Crippen LogP contribution in [0.15, 0.2) is 31.0 Å². The lowest BCUT2D eigenvalue weighted by molar-refractivity contribution is -0.111. The smallest absolute Gasteiger partial charge is 0.248 e. The first-order valence-corrected chi connectivity index (χ1v) is 8.78. The van der Waals surface area contributed by atoms with Gasteiger partial charge in [0.1, 0.15) is 0 Å². The summed E-state index contributed by atoms with van der Waals surface area (Å²) in [4.78, 5) is 15.9. The van der Waals surface area contributed by atoms with Crippen LogP contribution in [0.5, 0.6) is 0 Å². The summed E-state index contributed by atoms with van der Waals surface area (Å²) in [5.74, 6) is -2.70. The maximum Gasteiger partial charge on any atom is 0.248 e. The van der Waals surface area contributed by atoms with Crippen LogP contribution in [0.1, 0.15) is 38.3 Å². The quantitative estimate of drug-likeness (QED) is 0.803. The molecule has 0 atom stereocenters. The molecule has 0 aliphatic heterocycles. The molecule has 0 aromatic carbocycles. The van der Waals surface area contributed by atoms with Gasteiger partial charge in [0.15, 0.2) is 5.65 Å². The van der Waals surface area contributed by atoms with Gasteiger partial charge in [-0.05, 0) is 43.9 Å². The number of carbonyl (C=O) groups is 1. The van der Waals surface area contributed by atoms with Crippen LogP contribution >= 0.6 is 0 Å². The molecule has 2 aromatic heterocycles. The van der Waals surface area contributed by atoms with E-state index in [-0.39, 0.29) is 24.7 Å². The van der Waals surface area contributed by atoms with Crippen molar-refractivity contribution in [3.8, 4) is 0 Å². The fraction of sp³-hybridized carbons (Fsp3) is 0.421. The van der Waals surface area contributed by atoms with Crippen molar-refractivity contribution in [1.29, 1.82) is 0 Å². The molecular weight excluding hydrogens is 338 g/mol. The second kappa shape index (κ2) is 7.35. The van der Waals surface area contributed by atoms with Gasteiger partial charge in [-0.1, -0.05) is 12.7 Å². The van der Waals surface area contributed by atoms with Crippen molar-refractivity contribution in [2.75, 3.05) is 5.32 Å². The van der Waals surface area contributed by atoms with Crippen LogP contribution in [-0.4, -0.2) is 26.6 Å². The van der Waals surface area contributed by atoms with Gasteiger partial charge < -0.3 is 5.32 Å². The number of hydrogen-bond acceptors (Lipinski definition) is 3. The highest BCUT2D eigenvalue weighted by Gasteiger charge is 2.33. The Kier molecular flexibility index (Phi) is 5.15. The molecule has 138 valence electrons. The zero-order valence-electron chi connectivity index (χ0n) is 14.7. The second-order valence-electron chi connectivity index (χ2n) is 6.54. The van der Waals surface area contributed by atoms with E-state index in [0.29, 0.717) is 25.1 Å². The number of nitrogens with zero attached hydrogens (tertiary/aromatic N) is 3. The molecule has 0 radical (unpaired) electrons. The normalized spacial score (nSPS) is 17.7. The van der Waals surface area contributed by atoms with E-state index in [9.17, 15) is 13.6 Å². The van der Waals surface area contributed by atoms with Gasteiger partial charge in [0, 0.05) is 24.8 Å². The van der Waals surface area contributed by atoms with E-state index in [4.69, 9.17) is 0 Å². The largest absolute Gasteiger partial charge is 0.321 e. The molecule has 0 spiro atoms. The fourth-order valence-corrected chi connectivity index (χ4v) is 3.17. The van der Waals surface area contributed by atoms with Crippen molar-refractivity contribution in [2.24, 2.45) is 5.92 Å². The van der Waals surface area contributed by atoms with E-state index in [1.54, 1.807) is 10.9 Å². The predicted molar refractivity (Wildman–Crippen MR) is 98.0 cm³/mol. The maximum atomic E-state index is 13.3. The zero-order valence-corrected chi connectivity index (χ0v) is 14.7. The summed E-state index contributed by atoms with van der Waals surface area (Å²) in [6.45, 7) is 6.06. The number of hydrogen-bond donors (Lipinski definition) is 1. The number of alkyl halides is 2. The zero-order chi connectivity index (χ0) is 18.7. The van der Waals surface area contributed by atoms with Crippen molar-refractivity contribution >= 4 is 28.7 Å². The van der Waals surface area contributed by atoms with E-state index in [1.165, 1.54) is 6.08 Å². The molecule has 7 heteroatoms. The molecule has 1 aliphatic rings. The lowest BCUT2D eigenvalue weighted by Crippen LogP contribution is -2.23. The third-order valence-corrected chi connectivity index (χ3v) is 4.66. The van der Waals surface area contributed by atoms with Gasteiger partial charge in [-0.25, -0.2) is 18.4 Å². The standard InChI is InChI=1S/C19H22F2N4O/c1-3-17(26)23-14-11-15-16(24-25(4-2)18(15)22-12-14)6-5-13-7-9-19(20,21)10-8-13/h3,5-6,11-13H,1,4,7-10H2,2H3,(H,23,26). The van der Waals surface area contributed by atoms with Crippen molar-refractivity contribution in [2.45, 2.75) is 45.1 Å². The van der Waals surface area contributed by atoms with E-state index in [0.717, 1.165) is 16.7 Å². The van der Waals surface area contributed by atoms with E-state index in [1.807, 2.05) is 25.1 Å². The third kappa shape index (κ3) is 3.98. The molecule has 2 aromatic rings. The number of pyridine rings is 1. The molecule has 26 heavy (non-hydrogen) atoms. The number of amides is 1. The first-order valence-electron chi connectivity index (χ1n) is 8.78. The molecule has 5 nitrogen and oxygen atoms in total. The Balaban J connectivity index is 1.86. The highest BCUT2D eigenvalue weighted by Crippen LogP contribution is 2.37. The molecule has 1 aliphatic carbocycles. The van der Waals surface area contributed by atoms with E-state index >= 15 is 0 Å². The van der Waals surface area contributed by atoms with Gasteiger partial charge in [0.2, 0.25) is 11.8 Å². The van der Waals surface area contributed by atoms with Crippen LogP contribution in [0.2, 0.25) is 0 Å². The fourth-order valence-electron chi connectivity index (χ4n) is 3.17. The highest BCUT2D eigenvalue weighted by molar-refractivity contribution is 6.00. The lowest BCUT2D eigenvalue weighted by Gasteiger charge is -2.26. The Morgan fingerprint density at radius 3 is 2.85 bits per heavy atom. The van der Waals surface area contributed by atoms with Gasteiger partial charge in [-0.3, -0.25) is 4.79 Å². The van der Waals surface area contributed by atoms with Gasteiger partial charge in [-0.2, -0.15) is 5.10 Å². The number of rotatable bonds is 5. The molecule has 1 fully saturated rings. The van der Waals surface area contributed by atoms with Crippen molar-refractivity contribution < 1.29 is 13.6 Å². The minimum absolute atomic E-state index is 0.0640. The summed E-state index contributed by atoms with van der Waals surface area (Å²) in [5, 5.41) is 8.05. The Hall–Kier alpha value is -2.57.